The molecule has 166 valence electrons. The number of likely N-dealkylation sites (tertiary alicyclic amines) is 1. The zero-order valence-electron chi connectivity index (χ0n) is 18.8. The molecule has 0 spiro atoms. The van der Waals surface area contributed by atoms with Crippen LogP contribution in [0.5, 0.6) is 0 Å². The van der Waals surface area contributed by atoms with Crippen LogP contribution in [0.1, 0.15) is 56.7 Å². The molecule has 0 aliphatic carbocycles. The molecule has 1 aromatic carbocycles. The lowest BCUT2D eigenvalue weighted by Gasteiger charge is -2.30. The van der Waals surface area contributed by atoms with Gasteiger partial charge in [-0.3, -0.25) is 9.59 Å². The van der Waals surface area contributed by atoms with Gasteiger partial charge in [0.05, 0.1) is 23.7 Å². The minimum absolute atomic E-state index is 0.00616. The predicted octanol–water partition coefficient (Wildman–Crippen LogP) is 3.28. The van der Waals surface area contributed by atoms with E-state index in [0.717, 1.165) is 12.8 Å². The SMILES string of the molecule is CNc1cc(CN(C)C(=O)C(C)(C)c2cccc(F)c2)nc([C@@H]2CCCN2C(C)=O)n1. The van der Waals surface area contributed by atoms with Crippen molar-refractivity contribution >= 4 is 17.6 Å². The Bertz CT molecular complexity index is 978. The molecule has 1 aliphatic rings. The van der Waals surface area contributed by atoms with Crippen LogP contribution in [0.2, 0.25) is 0 Å². The summed E-state index contributed by atoms with van der Waals surface area (Å²) in [5.74, 6) is 0.717. The molecule has 2 aromatic rings. The number of hydrogen-bond acceptors (Lipinski definition) is 5. The fraction of sp³-hybridized carbons (Fsp3) is 0.478. The first kappa shape index (κ1) is 22.7. The first-order valence-corrected chi connectivity index (χ1v) is 10.5. The van der Waals surface area contributed by atoms with E-state index in [1.54, 1.807) is 62.9 Å². The summed E-state index contributed by atoms with van der Waals surface area (Å²) in [6, 6.07) is 7.77. The summed E-state index contributed by atoms with van der Waals surface area (Å²) < 4.78 is 13.7. The Labute approximate surface area is 182 Å². The number of halogens is 1. The van der Waals surface area contributed by atoms with Crippen LogP contribution in [0.25, 0.3) is 0 Å². The van der Waals surface area contributed by atoms with Gasteiger partial charge in [0.2, 0.25) is 11.8 Å². The zero-order valence-corrected chi connectivity index (χ0v) is 18.8. The van der Waals surface area contributed by atoms with Crippen molar-refractivity contribution in [2.75, 3.05) is 26.0 Å². The Hall–Kier alpha value is -3.03. The minimum atomic E-state index is -0.893. The number of carbonyl (C=O) groups excluding carboxylic acids is 2. The quantitative estimate of drug-likeness (QED) is 0.766. The van der Waals surface area contributed by atoms with Crippen LogP contribution in [-0.2, 0) is 21.5 Å². The molecule has 3 rings (SSSR count). The molecular weight excluding hydrogens is 397 g/mol. The molecule has 1 aliphatic heterocycles. The lowest BCUT2D eigenvalue weighted by molar-refractivity contribution is -0.135. The molecule has 31 heavy (non-hydrogen) atoms. The highest BCUT2D eigenvalue weighted by atomic mass is 19.1. The normalized spacial score (nSPS) is 16.3. The monoisotopic (exact) mass is 427 g/mol. The topological polar surface area (TPSA) is 78.4 Å². The number of rotatable bonds is 6. The number of hydrogen-bond donors (Lipinski definition) is 1. The number of anilines is 1. The van der Waals surface area contributed by atoms with Gasteiger partial charge in [-0.15, -0.1) is 0 Å². The number of amides is 2. The number of likely N-dealkylation sites (N-methyl/N-ethyl adjacent to an activating group) is 1. The van der Waals surface area contributed by atoms with Gasteiger partial charge < -0.3 is 15.1 Å². The number of benzene rings is 1. The first-order valence-electron chi connectivity index (χ1n) is 10.5. The molecule has 0 saturated carbocycles. The maximum Gasteiger partial charge on any atom is 0.232 e. The van der Waals surface area contributed by atoms with Gasteiger partial charge in [0.1, 0.15) is 11.6 Å². The smallest absolute Gasteiger partial charge is 0.232 e. The summed E-state index contributed by atoms with van der Waals surface area (Å²) in [6.07, 6.45) is 1.72. The lowest BCUT2D eigenvalue weighted by atomic mass is 9.83. The van der Waals surface area contributed by atoms with Crippen molar-refractivity contribution in [1.29, 1.82) is 0 Å². The highest BCUT2D eigenvalue weighted by Crippen LogP contribution is 2.31. The minimum Gasteiger partial charge on any atom is -0.373 e. The van der Waals surface area contributed by atoms with Crippen molar-refractivity contribution < 1.29 is 14.0 Å². The van der Waals surface area contributed by atoms with Crippen molar-refractivity contribution in [2.45, 2.75) is 51.6 Å². The van der Waals surface area contributed by atoms with Crippen molar-refractivity contribution in [3.05, 3.63) is 53.2 Å². The third-order valence-corrected chi connectivity index (χ3v) is 5.83. The maximum absolute atomic E-state index is 13.7. The van der Waals surface area contributed by atoms with E-state index in [1.165, 1.54) is 12.1 Å². The molecule has 0 bridgehead atoms. The Morgan fingerprint density at radius 3 is 2.68 bits per heavy atom. The fourth-order valence-corrected chi connectivity index (χ4v) is 4.08. The predicted molar refractivity (Wildman–Crippen MR) is 117 cm³/mol. The van der Waals surface area contributed by atoms with Gasteiger partial charge in [-0.2, -0.15) is 0 Å². The molecule has 1 fully saturated rings. The molecule has 1 saturated heterocycles. The summed E-state index contributed by atoms with van der Waals surface area (Å²) in [5.41, 5.74) is 0.400. The average molecular weight is 428 g/mol. The standard InChI is InChI=1S/C23H30FN5O2/c1-15(30)29-11-7-10-19(29)21-26-18(13-20(25-4)27-21)14-28(5)22(31)23(2,3)16-8-6-9-17(24)12-16/h6,8-9,12-13,19H,7,10-11,14H2,1-5H3,(H,25,26,27)/t19-/m0/s1. The van der Waals surface area contributed by atoms with E-state index in [2.05, 4.69) is 15.3 Å². The van der Waals surface area contributed by atoms with Crippen LogP contribution in [0.15, 0.2) is 30.3 Å². The number of carbonyl (C=O) groups is 2. The van der Waals surface area contributed by atoms with Crippen LogP contribution < -0.4 is 5.32 Å². The summed E-state index contributed by atoms with van der Waals surface area (Å²) in [7, 11) is 3.48. The van der Waals surface area contributed by atoms with E-state index in [9.17, 15) is 14.0 Å². The Morgan fingerprint density at radius 2 is 2.03 bits per heavy atom. The average Bonchev–Trinajstić information content (AvgIpc) is 3.23. The summed E-state index contributed by atoms with van der Waals surface area (Å²) >= 11 is 0. The van der Waals surface area contributed by atoms with E-state index in [-0.39, 0.29) is 30.2 Å². The molecule has 1 atom stereocenters. The number of aromatic nitrogens is 2. The van der Waals surface area contributed by atoms with Crippen LogP contribution in [0, 0.1) is 5.82 Å². The lowest BCUT2D eigenvalue weighted by Crippen LogP contribution is -2.41. The van der Waals surface area contributed by atoms with E-state index in [4.69, 9.17) is 0 Å². The Balaban J connectivity index is 1.84. The zero-order chi connectivity index (χ0) is 22.8. The van der Waals surface area contributed by atoms with Crippen molar-refractivity contribution in [1.82, 2.24) is 19.8 Å². The van der Waals surface area contributed by atoms with Crippen LogP contribution in [0.3, 0.4) is 0 Å². The van der Waals surface area contributed by atoms with E-state index >= 15 is 0 Å². The molecule has 2 heterocycles. The summed E-state index contributed by atoms with van der Waals surface area (Å²) in [6.45, 7) is 6.10. The molecular formula is C23H30FN5O2. The molecule has 1 N–H and O–H groups in total. The molecule has 2 amide bonds. The van der Waals surface area contributed by atoms with E-state index in [0.29, 0.717) is 29.4 Å². The van der Waals surface area contributed by atoms with Crippen molar-refractivity contribution in [3.63, 3.8) is 0 Å². The summed E-state index contributed by atoms with van der Waals surface area (Å²) in [5, 5.41) is 3.04. The third kappa shape index (κ3) is 4.84. The van der Waals surface area contributed by atoms with Gasteiger partial charge in [-0.25, -0.2) is 14.4 Å². The van der Waals surface area contributed by atoms with Crippen LogP contribution >= 0.6 is 0 Å². The number of nitrogens with zero attached hydrogens (tertiary/aromatic N) is 4. The third-order valence-electron chi connectivity index (χ3n) is 5.83. The van der Waals surface area contributed by atoms with Crippen LogP contribution in [0.4, 0.5) is 10.2 Å². The molecule has 1 aromatic heterocycles. The second-order valence-corrected chi connectivity index (χ2v) is 8.52. The van der Waals surface area contributed by atoms with E-state index in [1.807, 2.05) is 0 Å². The van der Waals surface area contributed by atoms with Crippen molar-refractivity contribution in [2.24, 2.45) is 0 Å². The molecule has 0 unspecified atom stereocenters. The summed E-state index contributed by atoms with van der Waals surface area (Å²) in [4.78, 5) is 37.8. The fourth-order valence-electron chi connectivity index (χ4n) is 4.08. The largest absolute Gasteiger partial charge is 0.373 e. The highest BCUT2D eigenvalue weighted by Gasteiger charge is 2.34. The first-order chi connectivity index (χ1) is 14.6. The molecule has 0 radical (unpaired) electrons. The Kier molecular flexibility index (Phi) is 6.57. The molecule has 7 nitrogen and oxygen atoms in total. The van der Waals surface area contributed by atoms with Gasteiger partial charge in [-0.1, -0.05) is 12.1 Å². The highest BCUT2D eigenvalue weighted by molar-refractivity contribution is 5.87. The van der Waals surface area contributed by atoms with Gasteiger partial charge in [0.25, 0.3) is 0 Å². The van der Waals surface area contributed by atoms with Crippen LogP contribution in [-0.4, -0.2) is 52.2 Å². The number of nitrogens with one attached hydrogen (secondary N) is 1. The van der Waals surface area contributed by atoms with Gasteiger partial charge in [0.15, 0.2) is 5.82 Å². The van der Waals surface area contributed by atoms with Gasteiger partial charge >= 0.3 is 0 Å². The second-order valence-electron chi connectivity index (χ2n) is 8.52. The maximum atomic E-state index is 13.7. The van der Waals surface area contributed by atoms with Gasteiger partial charge in [0, 0.05) is 33.6 Å². The van der Waals surface area contributed by atoms with Gasteiger partial charge in [-0.05, 0) is 44.4 Å². The van der Waals surface area contributed by atoms with E-state index < -0.39 is 5.41 Å². The Morgan fingerprint density at radius 1 is 1.29 bits per heavy atom. The second kappa shape index (κ2) is 8.99. The van der Waals surface area contributed by atoms with Crippen molar-refractivity contribution in [3.8, 4) is 0 Å². The molecule has 8 heteroatoms.